The van der Waals surface area contributed by atoms with Gasteiger partial charge in [0, 0.05) is 31.8 Å². The van der Waals surface area contributed by atoms with Gasteiger partial charge in [0.1, 0.15) is 0 Å². The number of aromatic nitrogens is 3. The zero-order valence-corrected chi connectivity index (χ0v) is 14.4. The first-order valence-electron chi connectivity index (χ1n) is 8.91. The summed E-state index contributed by atoms with van der Waals surface area (Å²) in [5, 5.41) is 8.69. The van der Waals surface area contributed by atoms with Crippen LogP contribution in [0, 0.1) is 12.8 Å². The van der Waals surface area contributed by atoms with Gasteiger partial charge < -0.3 is 9.42 Å². The molecule has 24 heavy (non-hydrogen) atoms. The Balaban J connectivity index is 1.69. The molecule has 2 aromatic rings. The minimum Gasteiger partial charge on any atom is -0.356 e. The van der Waals surface area contributed by atoms with Crippen molar-refractivity contribution in [2.75, 3.05) is 6.54 Å². The van der Waals surface area contributed by atoms with Gasteiger partial charge in [-0.15, -0.1) is 0 Å². The summed E-state index contributed by atoms with van der Waals surface area (Å²) < 4.78 is 7.27. The molecule has 2 aromatic heterocycles. The molecule has 0 bridgehead atoms. The molecule has 1 saturated heterocycles. The Bertz CT molecular complexity index is 744. The monoisotopic (exact) mass is 328 g/mol. The molecule has 1 atom stereocenters. The molecule has 1 saturated carbocycles. The van der Waals surface area contributed by atoms with E-state index < -0.39 is 0 Å². The third-order valence-electron chi connectivity index (χ3n) is 5.31. The molecule has 6 nitrogen and oxygen atoms in total. The van der Waals surface area contributed by atoms with Crippen molar-refractivity contribution in [2.24, 2.45) is 13.0 Å². The minimum atomic E-state index is 0.0495. The number of nitrogens with zero attached hydrogens (tertiary/aromatic N) is 4. The van der Waals surface area contributed by atoms with Crippen molar-refractivity contribution in [2.45, 2.75) is 51.5 Å². The fraction of sp³-hybridized carbons (Fsp3) is 0.611. The number of carbonyl (C=O) groups is 1. The van der Waals surface area contributed by atoms with Crippen LogP contribution in [0.15, 0.2) is 16.8 Å². The Kier molecular flexibility index (Phi) is 3.90. The Hall–Kier alpha value is -2.11. The van der Waals surface area contributed by atoms with E-state index in [0.29, 0.717) is 5.91 Å². The predicted octanol–water partition coefficient (Wildman–Crippen LogP) is 3.24. The van der Waals surface area contributed by atoms with Crippen LogP contribution in [0.25, 0.3) is 11.3 Å². The highest BCUT2D eigenvalue weighted by Gasteiger charge is 2.37. The molecule has 2 aliphatic rings. The fourth-order valence-electron chi connectivity index (χ4n) is 3.80. The maximum Gasteiger partial charge on any atom is 0.226 e. The van der Waals surface area contributed by atoms with Crippen LogP contribution < -0.4 is 0 Å². The first kappa shape index (κ1) is 15.4. The summed E-state index contributed by atoms with van der Waals surface area (Å²) in [5.41, 5.74) is 2.75. The molecule has 0 aromatic carbocycles. The molecule has 1 amide bonds. The number of carbonyl (C=O) groups excluding carboxylic acids is 1. The van der Waals surface area contributed by atoms with Crippen molar-refractivity contribution >= 4 is 5.91 Å². The molecule has 4 rings (SSSR count). The van der Waals surface area contributed by atoms with E-state index in [1.54, 1.807) is 0 Å². The van der Waals surface area contributed by atoms with Gasteiger partial charge in [-0.3, -0.25) is 9.48 Å². The number of aryl methyl sites for hydroxylation is 2. The predicted molar refractivity (Wildman–Crippen MR) is 89.1 cm³/mol. The summed E-state index contributed by atoms with van der Waals surface area (Å²) >= 11 is 0. The van der Waals surface area contributed by atoms with E-state index in [-0.39, 0.29) is 12.0 Å². The molecule has 2 fully saturated rings. The van der Waals surface area contributed by atoms with Gasteiger partial charge in [-0.05, 0) is 39.0 Å². The molecule has 0 unspecified atom stereocenters. The summed E-state index contributed by atoms with van der Waals surface area (Å²) in [5.74, 6) is 1.28. The van der Waals surface area contributed by atoms with Crippen LogP contribution in [-0.4, -0.2) is 32.3 Å². The SMILES string of the molecule is Cc1cc(-c2cn(C)nc2[C@H]2CCCCN2C(=O)C2CCC2)on1. The molecule has 1 aliphatic heterocycles. The van der Waals surface area contributed by atoms with Crippen LogP contribution >= 0.6 is 0 Å². The Morgan fingerprint density at radius 1 is 1.25 bits per heavy atom. The van der Waals surface area contributed by atoms with Gasteiger partial charge in [-0.1, -0.05) is 11.6 Å². The van der Waals surface area contributed by atoms with Gasteiger partial charge in [0.15, 0.2) is 5.76 Å². The van der Waals surface area contributed by atoms with Gasteiger partial charge in [0.25, 0.3) is 0 Å². The highest BCUT2D eigenvalue weighted by atomic mass is 16.5. The van der Waals surface area contributed by atoms with Crippen molar-refractivity contribution in [1.29, 1.82) is 0 Å². The van der Waals surface area contributed by atoms with E-state index >= 15 is 0 Å². The van der Waals surface area contributed by atoms with Crippen molar-refractivity contribution in [3.63, 3.8) is 0 Å². The lowest BCUT2D eigenvalue weighted by atomic mass is 9.83. The smallest absolute Gasteiger partial charge is 0.226 e. The number of likely N-dealkylation sites (tertiary alicyclic amines) is 1. The van der Waals surface area contributed by atoms with E-state index in [1.165, 1.54) is 6.42 Å². The van der Waals surface area contributed by atoms with Crippen LogP contribution in [0.1, 0.15) is 56.0 Å². The van der Waals surface area contributed by atoms with Crippen LogP contribution in [0.5, 0.6) is 0 Å². The number of hydrogen-bond donors (Lipinski definition) is 0. The maximum absolute atomic E-state index is 12.9. The lowest BCUT2D eigenvalue weighted by Gasteiger charge is -2.39. The third kappa shape index (κ3) is 2.64. The lowest BCUT2D eigenvalue weighted by molar-refractivity contribution is -0.142. The summed E-state index contributed by atoms with van der Waals surface area (Å²) in [7, 11) is 1.91. The average molecular weight is 328 g/mol. The Labute approximate surface area is 141 Å². The summed E-state index contributed by atoms with van der Waals surface area (Å²) in [6, 6.07) is 1.98. The van der Waals surface area contributed by atoms with Crippen LogP contribution in [0.2, 0.25) is 0 Å². The van der Waals surface area contributed by atoms with E-state index in [9.17, 15) is 4.79 Å². The van der Waals surface area contributed by atoms with Gasteiger partial charge >= 0.3 is 0 Å². The zero-order chi connectivity index (χ0) is 16.7. The normalized spacial score (nSPS) is 21.8. The molecule has 0 spiro atoms. The van der Waals surface area contributed by atoms with Crippen LogP contribution in [0.3, 0.4) is 0 Å². The van der Waals surface area contributed by atoms with E-state index in [2.05, 4.69) is 10.1 Å². The molecule has 128 valence electrons. The molecule has 1 aliphatic carbocycles. The zero-order valence-electron chi connectivity index (χ0n) is 14.4. The number of piperidine rings is 1. The van der Waals surface area contributed by atoms with E-state index in [1.807, 2.05) is 30.9 Å². The van der Waals surface area contributed by atoms with Crippen molar-refractivity contribution in [1.82, 2.24) is 19.8 Å². The first-order chi connectivity index (χ1) is 11.6. The minimum absolute atomic E-state index is 0.0495. The van der Waals surface area contributed by atoms with Gasteiger partial charge in [-0.25, -0.2) is 0 Å². The Morgan fingerprint density at radius 3 is 2.75 bits per heavy atom. The first-order valence-corrected chi connectivity index (χ1v) is 8.91. The van der Waals surface area contributed by atoms with E-state index in [4.69, 9.17) is 9.62 Å². The number of hydrogen-bond acceptors (Lipinski definition) is 4. The topological polar surface area (TPSA) is 64.2 Å². The number of rotatable bonds is 3. The maximum atomic E-state index is 12.9. The lowest BCUT2D eigenvalue weighted by Crippen LogP contribution is -2.44. The fourth-order valence-corrected chi connectivity index (χ4v) is 3.80. The Morgan fingerprint density at radius 2 is 2.08 bits per heavy atom. The molecular formula is C18H24N4O2. The quantitative estimate of drug-likeness (QED) is 0.867. The van der Waals surface area contributed by atoms with Crippen LogP contribution in [-0.2, 0) is 11.8 Å². The van der Waals surface area contributed by atoms with Crippen molar-refractivity contribution in [3.8, 4) is 11.3 Å². The molecular weight excluding hydrogens is 304 g/mol. The molecule has 3 heterocycles. The second-order valence-corrected chi connectivity index (χ2v) is 7.11. The summed E-state index contributed by atoms with van der Waals surface area (Å²) in [4.78, 5) is 15.0. The second kappa shape index (κ2) is 6.07. The van der Waals surface area contributed by atoms with Gasteiger partial charge in [0.05, 0.1) is 23.0 Å². The van der Waals surface area contributed by atoms with Gasteiger partial charge in [0.2, 0.25) is 5.91 Å². The summed E-state index contributed by atoms with van der Waals surface area (Å²) in [6.07, 6.45) is 8.41. The van der Waals surface area contributed by atoms with Crippen LogP contribution in [0.4, 0.5) is 0 Å². The van der Waals surface area contributed by atoms with E-state index in [0.717, 1.165) is 61.4 Å². The standard InChI is InChI=1S/C18H24N4O2/c1-12-10-16(24-20-12)14-11-21(2)19-17(14)15-8-3-4-9-22(15)18(23)13-6-5-7-13/h10-11,13,15H,3-9H2,1-2H3/t15-/m1/s1. The molecule has 6 heteroatoms. The van der Waals surface area contributed by atoms with Gasteiger partial charge in [-0.2, -0.15) is 5.10 Å². The largest absolute Gasteiger partial charge is 0.356 e. The molecule has 0 radical (unpaired) electrons. The highest BCUT2D eigenvalue weighted by molar-refractivity contribution is 5.80. The number of amides is 1. The van der Waals surface area contributed by atoms with Crippen molar-refractivity contribution in [3.05, 3.63) is 23.7 Å². The summed E-state index contributed by atoms with van der Waals surface area (Å²) in [6.45, 7) is 2.75. The third-order valence-corrected chi connectivity index (χ3v) is 5.31. The average Bonchev–Trinajstić information content (AvgIpc) is 3.11. The second-order valence-electron chi connectivity index (χ2n) is 7.11. The highest BCUT2D eigenvalue weighted by Crippen LogP contribution is 2.39. The molecule has 0 N–H and O–H groups in total. The van der Waals surface area contributed by atoms with Crippen molar-refractivity contribution < 1.29 is 9.32 Å².